The molecule has 1 amide bonds. The first-order valence-corrected chi connectivity index (χ1v) is 7.76. The van der Waals surface area contributed by atoms with E-state index in [1.165, 1.54) is 12.8 Å². The van der Waals surface area contributed by atoms with Crippen LogP contribution in [0.2, 0.25) is 0 Å². The second-order valence-corrected chi connectivity index (χ2v) is 6.62. The van der Waals surface area contributed by atoms with Gasteiger partial charge in [-0.1, -0.05) is 0 Å². The normalized spacial score (nSPS) is 20.8. The summed E-state index contributed by atoms with van der Waals surface area (Å²) in [5, 5.41) is 0. The van der Waals surface area contributed by atoms with E-state index in [2.05, 4.69) is 4.90 Å². The number of piperidine rings is 1. The highest BCUT2D eigenvalue weighted by atomic mass is 16.6. The van der Waals surface area contributed by atoms with Crippen LogP contribution in [0.4, 0.5) is 4.79 Å². The van der Waals surface area contributed by atoms with Crippen LogP contribution in [0.25, 0.3) is 0 Å². The standard InChI is InChI=1S/C15H31N3O2/c1-5-18(14(19)20-15(2,3)4)12-13-7-6-9-17(11-13)10-8-16/h13H,5-12,16H2,1-4H3/t13-/m0/s1. The van der Waals surface area contributed by atoms with Crippen molar-refractivity contribution >= 4 is 6.09 Å². The first kappa shape index (κ1) is 17.2. The Morgan fingerprint density at radius 1 is 1.45 bits per heavy atom. The van der Waals surface area contributed by atoms with Crippen molar-refractivity contribution < 1.29 is 9.53 Å². The number of hydrogen-bond acceptors (Lipinski definition) is 4. The van der Waals surface area contributed by atoms with Gasteiger partial charge in [-0.3, -0.25) is 0 Å². The molecule has 5 heteroatoms. The lowest BCUT2D eigenvalue weighted by Crippen LogP contribution is -2.45. The molecule has 1 atom stereocenters. The van der Waals surface area contributed by atoms with Gasteiger partial charge in [0.05, 0.1) is 0 Å². The van der Waals surface area contributed by atoms with Gasteiger partial charge in [0.25, 0.3) is 0 Å². The van der Waals surface area contributed by atoms with Crippen LogP contribution in [-0.4, -0.2) is 60.8 Å². The van der Waals surface area contributed by atoms with Crippen molar-refractivity contribution in [3.05, 3.63) is 0 Å². The predicted molar refractivity (Wildman–Crippen MR) is 81.7 cm³/mol. The van der Waals surface area contributed by atoms with Gasteiger partial charge in [-0.15, -0.1) is 0 Å². The Morgan fingerprint density at radius 2 is 2.15 bits per heavy atom. The molecule has 118 valence electrons. The predicted octanol–water partition coefficient (Wildman–Crippen LogP) is 1.91. The molecule has 0 bridgehead atoms. The van der Waals surface area contributed by atoms with Gasteiger partial charge < -0.3 is 20.3 Å². The highest BCUT2D eigenvalue weighted by Crippen LogP contribution is 2.18. The summed E-state index contributed by atoms with van der Waals surface area (Å²) in [5.41, 5.74) is 5.20. The number of hydrogen-bond donors (Lipinski definition) is 1. The molecule has 2 N–H and O–H groups in total. The molecule has 0 aliphatic carbocycles. The first-order valence-electron chi connectivity index (χ1n) is 7.76. The highest BCUT2D eigenvalue weighted by molar-refractivity contribution is 5.68. The molecule has 0 spiro atoms. The van der Waals surface area contributed by atoms with Gasteiger partial charge in [0.2, 0.25) is 0 Å². The van der Waals surface area contributed by atoms with Crippen molar-refractivity contribution in [1.29, 1.82) is 0 Å². The van der Waals surface area contributed by atoms with Crippen LogP contribution >= 0.6 is 0 Å². The van der Waals surface area contributed by atoms with Gasteiger partial charge in [-0.25, -0.2) is 4.79 Å². The van der Waals surface area contributed by atoms with Crippen molar-refractivity contribution in [3.8, 4) is 0 Å². The molecule has 1 rings (SSSR count). The monoisotopic (exact) mass is 285 g/mol. The summed E-state index contributed by atoms with van der Waals surface area (Å²) in [6.45, 7) is 13.0. The fourth-order valence-corrected chi connectivity index (χ4v) is 2.66. The molecular formula is C15H31N3O2. The van der Waals surface area contributed by atoms with E-state index in [1.807, 2.05) is 32.6 Å². The third kappa shape index (κ3) is 6.09. The van der Waals surface area contributed by atoms with Gasteiger partial charge in [0.1, 0.15) is 5.60 Å². The molecule has 20 heavy (non-hydrogen) atoms. The van der Waals surface area contributed by atoms with Crippen LogP contribution in [0.1, 0.15) is 40.5 Å². The Bertz CT molecular complexity index is 300. The fraction of sp³-hybridized carbons (Fsp3) is 0.933. The van der Waals surface area contributed by atoms with Gasteiger partial charge in [0.15, 0.2) is 0 Å². The van der Waals surface area contributed by atoms with Crippen LogP contribution in [0.15, 0.2) is 0 Å². The zero-order valence-corrected chi connectivity index (χ0v) is 13.5. The van der Waals surface area contributed by atoms with Crippen molar-refractivity contribution in [3.63, 3.8) is 0 Å². The number of nitrogens with two attached hydrogens (primary N) is 1. The molecule has 1 heterocycles. The summed E-state index contributed by atoms with van der Waals surface area (Å²) in [5.74, 6) is 0.530. The quantitative estimate of drug-likeness (QED) is 0.838. The molecule has 1 saturated heterocycles. The van der Waals surface area contributed by atoms with Crippen LogP contribution in [-0.2, 0) is 4.74 Å². The lowest BCUT2D eigenvalue weighted by atomic mass is 9.97. The smallest absolute Gasteiger partial charge is 0.410 e. The zero-order valence-electron chi connectivity index (χ0n) is 13.5. The first-order chi connectivity index (χ1) is 9.35. The summed E-state index contributed by atoms with van der Waals surface area (Å²) in [7, 11) is 0. The van der Waals surface area contributed by atoms with Crippen LogP contribution in [0, 0.1) is 5.92 Å². The third-order valence-corrected chi connectivity index (χ3v) is 3.56. The van der Waals surface area contributed by atoms with Crippen molar-refractivity contribution in [2.45, 2.75) is 46.1 Å². The number of ether oxygens (including phenoxy) is 1. The Hall–Kier alpha value is -0.810. The van der Waals surface area contributed by atoms with Crippen molar-refractivity contribution in [2.24, 2.45) is 11.7 Å². The van der Waals surface area contributed by atoms with E-state index in [0.29, 0.717) is 19.0 Å². The maximum absolute atomic E-state index is 12.1. The second-order valence-electron chi connectivity index (χ2n) is 6.62. The van der Waals surface area contributed by atoms with Crippen LogP contribution in [0.5, 0.6) is 0 Å². The molecule has 0 unspecified atom stereocenters. The summed E-state index contributed by atoms with van der Waals surface area (Å²) in [6.07, 6.45) is 2.17. The van der Waals surface area contributed by atoms with Gasteiger partial charge in [0, 0.05) is 32.7 Å². The Labute approximate surface area is 123 Å². The maximum Gasteiger partial charge on any atom is 0.410 e. The van der Waals surface area contributed by atoms with E-state index in [4.69, 9.17) is 10.5 Å². The maximum atomic E-state index is 12.1. The molecule has 1 fully saturated rings. The summed E-state index contributed by atoms with van der Waals surface area (Å²) in [6, 6.07) is 0. The fourth-order valence-electron chi connectivity index (χ4n) is 2.66. The summed E-state index contributed by atoms with van der Waals surface area (Å²) >= 11 is 0. The number of likely N-dealkylation sites (tertiary alicyclic amines) is 1. The topological polar surface area (TPSA) is 58.8 Å². The van der Waals surface area contributed by atoms with Gasteiger partial charge in [-0.2, -0.15) is 0 Å². The van der Waals surface area contributed by atoms with E-state index in [-0.39, 0.29) is 6.09 Å². The van der Waals surface area contributed by atoms with Crippen molar-refractivity contribution in [1.82, 2.24) is 9.80 Å². The molecule has 1 aliphatic rings. The summed E-state index contributed by atoms with van der Waals surface area (Å²) < 4.78 is 5.46. The minimum atomic E-state index is -0.428. The molecule has 5 nitrogen and oxygen atoms in total. The number of carbonyl (C=O) groups is 1. The molecule has 0 aromatic heterocycles. The van der Waals surface area contributed by atoms with Gasteiger partial charge in [-0.05, 0) is 53.0 Å². The Morgan fingerprint density at radius 3 is 2.70 bits per heavy atom. The zero-order chi connectivity index (χ0) is 15.2. The molecule has 0 aromatic carbocycles. The Kier molecular flexibility index (Phi) is 6.76. The molecule has 0 radical (unpaired) electrons. The van der Waals surface area contributed by atoms with Crippen molar-refractivity contribution in [2.75, 3.05) is 39.3 Å². The average molecular weight is 285 g/mol. The molecule has 0 aromatic rings. The largest absolute Gasteiger partial charge is 0.444 e. The summed E-state index contributed by atoms with van der Waals surface area (Å²) in [4.78, 5) is 16.4. The van der Waals surface area contributed by atoms with E-state index in [1.54, 1.807) is 0 Å². The van der Waals surface area contributed by atoms with E-state index < -0.39 is 5.60 Å². The Balaban J connectivity index is 2.48. The lowest BCUT2D eigenvalue weighted by molar-refractivity contribution is 0.0200. The number of amides is 1. The third-order valence-electron chi connectivity index (χ3n) is 3.56. The molecule has 1 aliphatic heterocycles. The number of rotatable bonds is 5. The average Bonchev–Trinajstić information content (AvgIpc) is 2.34. The number of carbonyl (C=O) groups excluding carboxylic acids is 1. The van der Waals surface area contributed by atoms with Crippen LogP contribution < -0.4 is 5.73 Å². The minimum Gasteiger partial charge on any atom is -0.444 e. The SMILES string of the molecule is CCN(C[C@H]1CCCN(CCN)C1)C(=O)OC(C)(C)C. The van der Waals surface area contributed by atoms with E-state index in [0.717, 1.165) is 26.2 Å². The molecule has 0 saturated carbocycles. The lowest BCUT2D eigenvalue weighted by Gasteiger charge is -2.35. The highest BCUT2D eigenvalue weighted by Gasteiger charge is 2.26. The van der Waals surface area contributed by atoms with Crippen LogP contribution in [0.3, 0.4) is 0 Å². The van der Waals surface area contributed by atoms with Gasteiger partial charge >= 0.3 is 6.09 Å². The van der Waals surface area contributed by atoms with E-state index in [9.17, 15) is 4.79 Å². The molecular weight excluding hydrogens is 254 g/mol. The minimum absolute atomic E-state index is 0.198. The van der Waals surface area contributed by atoms with E-state index >= 15 is 0 Å². The second kappa shape index (κ2) is 7.84. The number of nitrogens with zero attached hydrogens (tertiary/aromatic N) is 2.